The van der Waals surface area contributed by atoms with Gasteiger partial charge in [0.15, 0.2) is 0 Å². The molecule has 1 aromatic carbocycles. The van der Waals surface area contributed by atoms with Gasteiger partial charge in [-0.1, -0.05) is 55.9 Å². The van der Waals surface area contributed by atoms with Gasteiger partial charge in [0, 0.05) is 10.6 Å². The second-order valence-corrected chi connectivity index (χ2v) is 5.48. The molecule has 0 atom stereocenters. The van der Waals surface area contributed by atoms with E-state index in [1.807, 2.05) is 49.4 Å². The summed E-state index contributed by atoms with van der Waals surface area (Å²) in [4.78, 5) is 12.6. The van der Waals surface area contributed by atoms with Gasteiger partial charge in [0.1, 0.15) is 0 Å². The Bertz CT molecular complexity index is 883. The molecule has 0 bridgehead atoms. The monoisotopic (exact) mass is 326 g/mol. The summed E-state index contributed by atoms with van der Waals surface area (Å²) in [6.45, 7) is 5.70. The third-order valence-electron chi connectivity index (χ3n) is 3.60. The molecule has 1 aliphatic carbocycles. The van der Waals surface area contributed by atoms with E-state index in [-0.39, 0.29) is 13.0 Å². The van der Waals surface area contributed by atoms with Gasteiger partial charge in [-0.25, -0.2) is 4.68 Å². The van der Waals surface area contributed by atoms with Crippen LogP contribution in [0.25, 0.3) is 17.3 Å². The Balaban J connectivity index is 0.00000192. The van der Waals surface area contributed by atoms with Crippen molar-refractivity contribution in [2.24, 2.45) is 0 Å². The first-order chi connectivity index (χ1) is 10.6. The van der Waals surface area contributed by atoms with E-state index >= 15 is 0 Å². The van der Waals surface area contributed by atoms with Crippen molar-refractivity contribution in [3.63, 3.8) is 0 Å². The van der Waals surface area contributed by atoms with E-state index in [0.29, 0.717) is 10.6 Å². The van der Waals surface area contributed by atoms with E-state index in [1.54, 1.807) is 16.8 Å². The highest BCUT2D eigenvalue weighted by Crippen LogP contribution is 2.26. The van der Waals surface area contributed by atoms with Crippen molar-refractivity contribution < 1.29 is 0 Å². The van der Waals surface area contributed by atoms with Gasteiger partial charge < -0.3 is 0 Å². The van der Waals surface area contributed by atoms with Gasteiger partial charge in [-0.15, -0.1) is 0 Å². The zero-order chi connectivity index (χ0) is 15.7. The predicted molar refractivity (Wildman–Crippen MR) is 99.4 cm³/mol. The van der Waals surface area contributed by atoms with E-state index in [0.717, 1.165) is 22.5 Å². The quantitative estimate of drug-likeness (QED) is 0.729. The largest absolute Gasteiger partial charge is 0.291 e. The molecule has 3 nitrogen and oxygen atoms in total. The van der Waals surface area contributed by atoms with Crippen molar-refractivity contribution in [1.29, 1.82) is 0 Å². The maximum Gasteiger partial charge on any atom is 0.277 e. The summed E-state index contributed by atoms with van der Waals surface area (Å²) >= 11 is 5.98. The molecule has 4 heteroatoms. The molecule has 0 saturated carbocycles. The first-order valence-corrected chi connectivity index (χ1v) is 7.29. The number of nitrogens with zero attached hydrogens (tertiary/aromatic N) is 1. The number of fused-ring (bicyclic) bond motifs is 1. The standard InChI is InChI=1S/C18H15ClN2O.CH4/c1-3-14-15-7-5-4-6-8-17(15)21(18(14)22)20-16-10-9-13(19)11-12(16)2;/h3-11,20H,1H2,2H3;1H4. The number of hydrogen-bond donors (Lipinski definition) is 1. The van der Waals surface area contributed by atoms with Gasteiger partial charge in [-0.2, -0.15) is 0 Å². The van der Waals surface area contributed by atoms with Crippen LogP contribution in [0.2, 0.25) is 5.02 Å². The fourth-order valence-corrected chi connectivity index (χ4v) is 2.71. The lowest BCUT2D eigenvalue weighted by atomic mass is 10.1. The van der Waals surface area contributed by atoms with Crippen LogP contribution in [0.1, 0.15) is 18.6 Å². The Morgan fingerprint density at radius 2 is 1.91 bits per heavy atom. The number of aryl methyl sites for hydroxylation is 1. The van der Waals surface area contributed by atoms with E-state index in [4.69, 9.17) is 11.6 Å². The molecule has 2 aliphatic rings. The third kappa shape index (κ3) is 3.01. The average molecular weight is 327 g/mol. The minimum Gasteiger partial charge on any atom is -0.291 e. The zero-order valence-corrected chi connectivity index (χ0v) is 12.9. The summed E-state index contributed by atoms with van der Waals surface area (Å²) in [6, 6.07) is 15.1. The first-order valence-electron chi connectivity index (χ1n) is 6.91. The van der Waals surface area contributed by atoms with Crippen LogP contribution in [-0.4, -0.2) is 4.68 Å². The van der Waals surface area contributed by atoms with E-state index in [9.17, 15) is 4.79 Å². The van der Waals surface area contributed by atoms with Crippen LogP contribution in [0, 0.1) is 6.92 Å². The van der Waals surface area contributed by atoms with Crippen molar-refractivity contribution in [2.75, 3.05) is 5.43 Å². The number of halogens is 1. The molecule has 118 valence electrons. The summed E-state index contributed by atoms with van der Waals surface area (Å²) in [5.74, 6) is 0. The summed E-state index contributed by atoms with van der Waals surface area (Å²) in [6.07, 6.45) is 1.59. The van der Waals surface area contributed by atoms with Gasteiger partial charge in [-0.05, 0) is 36.8 Å². The van der Waals surface area contributed by atoms with Crippen LogP contribution >= 0.6 is 11.6 Å². The minimum absolute atomic E-state index is 0. The van der Waals surface area contributed by atoms with Crippen molar-refractivity contribution in [1.82, 2.24) is 4.68 Å². The Morgan fingerprint density at radius 1 is 1.17 bits per heavy atom. The Hall–Kier alpha value is -2.52. The number of hydrogen-bond acceptors (Lipinski definition) is 2. The predicted octanol–water partition coefficient (Wildman–Crippen LogP) is 5.07. The van der Waals surface area contributed by atoms with Crippen molar-refractivity contribution in [3.8, 4) is 11.3 Å². The van der Waals surface area contributed by atoms with Crippen LogP contribution in [0.3, 0.4) is 0 Å². The third-order valence-corrected chi connectivity index (χ3v) is 3.84. The maximum absolute atomic E-state index is 12.6. The normalized spacial score (nSPS) is 10.2. The van der Waals surface area contributed by atoms with Crippen molar-refractivity contribution in [3.05, 3.63) is 81.6 Å². The van der Waals surface area contributed by atoms with Crippen LogP contribution in [0.4, 0.5) is 5.69 Å². The fraction of sp³-hybridized carbons (Fsp3) is 0.105. The molecule has 1 N–H and O–H groups in total. The number of nitrogens with one attached hydrogen (secondary N) is 1. The number of anilines is 1. The highest BCUT2D eigenvalue weighted by atomic mass is 35.5. The second-order valence-electron chi connectivity index (χ2n) is 5.04. The summed E-state index contributed by atoms with van der Waals surface area (Å²) in [5, 5.41) is 0.668. The Labute approximate surface area is 141 Å². The van der Waals surface area contributed by atoms with Crippen LogP contribution in [0.15, 0.2) is 59.9 Å². The molecule has 1 aromatic rings. The van der Waals surface area contributed by atoms with Gasteiger partial charge in [0.2, 0.25) is 0 Å². The van der Waals surface area contributed by atoms with Gasteiger partial charge >= 0.3 is 0 Å². The number of aromatic nitrogens is 1. The Kier molecular flexibility index (Phi) is 4.92. The molecule has 3 rings (SSSR count). The topological polar surface area (TPSA) is 34.0 Å². The molecule has 0 spiro atoms. The molecular formula is C19H19ClN2O. The lowest BCUT2D eigenvalue weighted by Gasteiger charge is -2.12. The molecule has 0 saturated heterocycles. The first kappa shape index (κ1) is 16.8. The SMILES string of the molecule is C.C=Cc1c2cccccc-2n(Nc2ccc(Cl)cc2C)c1=O. The van der Waals surface area contributed by atoms with Crippen molar-refractivity contribution >= 4 is 23.4 Å². The molecule has 0 amide bonds. The molecule has 1 heterocycles. The highest BCUT2D eigenvalue weighted by Gasteiger charge is 2.17. The number of rotatable bonds is 3. The van der Waals surface area contributed by atoms with Crippen LogP contribution < -0.4 is 11.0 Å². The highest BCUT2D eigenvalue weighted by molar-refractivity contribution is 6.30. The van der Waals surface area contributed by atoms with Crippen LogP contribution in [-0.2, 0) is 0 Å². The van der Waals surface area contributed by atoms with Crippen molar-refractivity contribution in [2.45, 2.75) is 14.4 Å². The van der Waals surface area contributed by atoms with E-state index in [1.165, 1.54) is 0 Å². The molecule has 1 aliphatic heterocycles. The van der Waals surface area contributed by atoms with Crippen LogP contribution in [0.5, 0.6) is 0 Å². The smallest absolute Gasteiger partial charge is 0.277 e. The van der Waals surface area contributed by atoms with Gasteiger partial charge in [0.25, 0.3) is 5.56 Å². The zero-order valence-electron chi connectivity index (χ0n) is 12.1. The molecule has 23 heavy (non-hydrogen) atoms. The fourth-order valence-electron chi connectivity index (χ4n) is 2.49. The number of benzene rings is 1. The Morgan fingerprint density at radius 3 is 2.61 bits per heavy atom. The van der Waals surface area contributed by atoms with E-state index in [2.05, 4.69) is 12.0 Å². The second kappa shape index (κ2) is 6.71. The maximum atomic E-state index is 12.6. The molecule has 0 radical (unpaired) electrons. The molecule has 0 unspecified atom stereocenters. The lowest BCUT2D eigenvalue weighted by Crippen LogP contribution is -2.23. The minimum atomic E-state index is -0.120. The molecular weight excluding hydrogens is 308 g/mol. The van der Waals surface area contributed by atoms with Gasteiger partial charge in [0.05, 0.1) is 16.9 Å². The molecule has 0 aromatic heterocycles. The average Bonchev–Trinajstić information content (AvgIpc) is 2.66. The van der Waals surface area contributed by atoms with Gasteiger partial charge in [-0.3, -0.25) is 10.2 Å². The van der Waals surface area contributed by atoms with E-state index < -0.39 is 0 Å². The summed E-state index contributed by atoms with van der Waals surface area (Å²) in [5.41, 5.74) is 7.12. The molecule has 0 fully saturated rings. The summed E-state index contributed by atoms with van der Waals surface area (Å²) < 4.78 is 1.54. The lowest BCUT2D eigenvalue weighted by molar-refractivity contribution is 0.934. The summed E-state index contributed by atoms with van der Waals surface area (Å²) in [7, 11) is 0.